The third kappa shape index (κ3) is 6.17. The Morgan fingerprint density at radius 1 is 1.19 bits per heavy atom. The molecular formula is C24H28N4O3. The lowest BCUT2D eigenvalue weighted by Crippen LogP contribution is -2.52. The number of carbonyl (C=O) groups is 2. The van der Waals surface area contributed by atoms with Crippen molar-refractivity contribution in [3.63, 3.8) is 0 Å². The van der Waals surface area contributed by atoms with E-state index in [9.17, 15) is 14.7 Å². The lowest BCUT2D eigenvalue weighted by molar-refractivity contribution is -0.139. The highest BCUT2D eigenvalue weighted by atomic mass is 16.3. The van der Waals surface area contributed by atoms with Gasteiger partial charge in [-0.3, -0.25) is 9.59 Å². The molecule has 7 heteroatoms. The van der Waals surface area contributed by atoms with Gasteiger partial charge in [-0.05, 0) is 73.7 Å². The molecular weight excluding hydrogens is 392 g/mol. The lowest BCUT2D eigenvalue weighted by Gasteiger charge is -2.29. The number of aromatic hydroxyl groups is 1. The van der Waals surface area contributed by atoms with E-state index in [1.807, 2.05) is 13.8 Å². The van der Waals surface area contributed by atoms with E-state index >= 15 is 0 Å². The molecule has 2 atom stereocenters. The maximum absolute atomic E-state index is 13.1. The topological polar surface area (TPSA) is 133 Å². The molecule has 0 aliphatic carbocycles. The molecule has 0 aliphatic rings. The second-order valence-corrected chi connectivity index (χ2v) is 7.57. The Hall–Kier alpha value is -3.63. The van der Waals surface area contributed by atoms with Gasteiger partial charge in [0, 0.05) is 6.54 Å². The van der Waals surface area contributed by atoms with Crippen LogP contribution in [0.3, 0.4) is 0 Å². The van der Waals surface area contributed by atoms with Crippen molar-refractivity contribution in [3.8, 4) is 11.8 Å². The van der Waals surface area contributed by atoms with Crippen molar-refractivity contribution in [2.24, 2.45) is 11.5 Å². The number of nitrogens with two attached hydrogens (primary N) is 2. The Morgan fingerprint density at radius 2 is 1.77 bits per heavy atom. The molecule has 0 aliphatic heterocycles. The first-order valence-electron chi connectivity index (χ1n) is 9.95. The molecule has 7 nitrogen and oxygen atoms in total. The standard InChI is InChI=1S/C24H28N4O3/c1-15-11-20(29)12-16(2)21(15)13-22(26)24(31)28(17(3)23(27)30)10-4-5-18-6-8-19(14-25)9-7-18/h4-9,11-12,17,22,29H,10,13,26H2,1-3H3,(H2,27,30)/b5-4+/t17-,22+/m1/s1. The van der Waals surface area contributed by atoms with Gasteiger partial charge in [0.15, 0.2) is 0 Å². The number of hydrogen-bond donors (Lipinski definition) is 3. The molecule has 2 aromatic carbocycles. The summed E-state index contributed by atoms with van der Waals surface area (Å²) in [5, 5.41) is 18.6. The van der Waals surface area contributed by atoms with Crippen LogP contribution in [0.2, 0.25) is 0 Å². The number of phenols is 1. The monoisotopic (exact) mass is 420 g/mol. The summed E-state index contributed by atoms with van der Waals surface area (Å²) >= 11 is 0. The molecule has 0 radical (unpaired) electrons. The molecule has 2 rings (SSSR count). The molecule has 0 spiro atoms. The predicted molar refractivity (Wildman–Crippen MR) is 120 cm³/mol. The number of benzene rings is 2. The average molecular weight is 421 g/mol. The quantitative estimate of drug-likeness (QED) is 0.602. The smallest absolute Gasteiger partial charge is 0.240 e. The van der Waals surface area contributed by atoms with Crippen molar-refractivity contribution in [2.45, 2.75) is 39.3 Å². The molecule has 0 saturated carbocycles. The summed E-state index contributed by atoms with van der Waals surface area (Å²) in [4.78, 5) is 26.2. The van der Waals surface area contributed by atoms with Crippen LogP contribution in [0.25, 0.3) is 6.08 Å². The Kier molecular flexibility index (Phi) is 7.94. The highest BCUT2D eigenvalue weighted by molar-refractivity contribution is 5.89. The molecule has 0 fully saturated rings. The number of nitriles is 1. The Balaban J connectivity index is 2.18. The fourth-order valence-corrected chi connectivity index (χ4v) is 3.38. The second kappa shape index (κ2) is 10.4. The van der Waals surface area contributed by atoms with Crippen LogP contribution in [0.5, 0.6) is 5.75 Å². The number of carbonyl (C=O) groups excluding carboxylic acids is 2. The van der Waals surface area contributed by atoms with Gasteiger partial charge in [0.25, 0.3) is 0 Å². The maximum Gasteiger partial charge on any atom is 0.240 e. The van der Waals surface area contributed by atoms with E-state index in [1.165, 1.54) is 4.90 Å². The molecule has 2 aromatic rings. The summed E-state index contributed by atoms with van der Waals surface area (Å²) in [6.07, 6.45) is 3.83. The number of rotatable bonds is 8. The zero-order valence-electron chi connectivity index (χ0n) is 18.0. The molecule has 0 saturated heterocycles. The van der Waals surface area contributed by atoms with Gasteiger partial charge in [-0.15, -0.1) is 0 Å². The number of hydrogen-bond acceptors (Lipinski definition) is 5. The summed E-state index contributed by atoms with van der Waals surface area (Å²) in [5.41, 5.74) is 15.7. The molecule has 162 valence electrons. The summed E-state index contributed by atoms with van der Waals surface area (Å²) in [6, 6.07) is 10.6. The third-order valence-electron chi connectivity index (χ3n) is 5.24. The Bertz CT molecular complexity index is 999. The van der Waals surface area contributed by atoms with Crippen LogP contribution in [-0.4, -0.2) is 40.4 Å². The highest BCUT2D eigenvalue weighted by Gasteiger charge is 2.28. The largest absolute Gasteiger partial charge is 0.508 e. The van der Waals surface area contributed by atoms with Crippen LogP contribution in [0, 0.1) is 25.2 Å². The lowest BCUT2D eigenvalue weighted by atomic mass is 9.95. The van der Waals surface area contributed by atoms with E-state index in [4.69, 9.17) is 16.7 Å². The molecule has 2 amide bonds. The molecule has 0 unspecified atom stereocenters. The number of aryl methyl sites for hydroxylation is 2. The number of amides is 2. The van der Waals surface area contributed by atoms with Crippen LogP contribution in [-0.2, 0) is 16.0 Å². The van der Waals surface area contributed by atoms with Gasteiger partial charge in [0.2, 0.25) is 11.8 Å². The van der Waals surface area contributed by atoms with Crippen molar-refractivity contribution in [1.29, 1.82) is 5.26 Å². The van der Waals surface area contributed by atoms with E-state index in [2.05, 4.69) is 6.07 Å². The summed E-state index contributed by atoms with van der Waals surface area (Å²) in [7, 11) is 0. The van der Waals surface area contributed by atoms with Gasteiger partial charge >= 0.3 is 0 Å². The molecule has 31 heavy (non-hydrogen) atoms. The first-order valence-corrected chi connectivity index (χ1v) is 9.95. The van der Waals surface area contributed by atoms with Crippen LogP contribution < -0.4 is 11.5 Å². The van der Waals surface area contributed by atoms with Crippen LogP contribution in [0.15, 0.2) is 42.5 Å². The number of nitrogens with zero attached hydrogens (tertiary/aromatic N) is 2. The van der Waals surface area contributed by atoms with E-state index in [0.29, 0.717) is 5.56 Å². The van der Waals surface area contributed by atoms with Crippen molar-refractivity contribution in [2.75, 3.05) is 6.54 Å². The van der Waals surface area contributed by atoms with Crippen molar-refractivity contribution >= 4 is 17.9 Å². The van der Waals surface area contributed by atoms with E-state index in [-0.39, 0.29) is 24.6 Å². The van der Waals surface area contributed by atoms with Gasteiger partial charge in [-0.25, -0.2) is 0 Å². The van der Waals surface area contributed by atoms with Crippen LogP contribution >= 0.6 is 0 Å². The van der Waals surface area contributed by atoms with Crippen molar-refractivity contribution in [3.05, 3.63) is 70.3 Å². The summed E-state index contributed by atoms with van der Waals surface area (Å²) < 4.78 is 0. The highest BCUT2D eigenvalue weighted by Crippen LogP contribution is 2.22. The maximum atomic E-state index is 13.1. The first-order chi connectivity index (χ1) is 14.6. The summed E-state index contributed by atoms with van der Waals surface area (Å²) in [5.74, 6) is -0.845. The molecule has 0 heterocycles. The Morgan fingerprint density at radius 3 is 2.29 bits per heavy atom. The van der Waals surface area contributed by atoms with Crippen LogP contribution in [0.4, 0.5) is 0 Å². The van der Waals surface area contributed by atoms with Gasteiger partial charge < -0.3 is 21.5 Å². The predicted octanol–water partition coefficient (Wildman–Crippen LogP) is 2.17. The zero-order chi connectivity index (χ0) is 23.1. The molecule has 5 N–H and O–H groups in total. The molecule has 0 bridgehead atoms. The van der Waals surface area contributed by atoms with E-state index in [0.717, 1.165) is 22.3 Å². The fourth-order valence-electron chi connectivity index (χ4n) is 3.38. The van der Waals surface area contributed by atoms with E-state index in [1.54, 1.807) is 55.5 Å². The van der Waals surface area contributed by atoms with Crippen molar-refractivity contribution in [1.82, 2.24) is 4.90 Å². The molecule has 0 aromatic heterocycles. The van der Waals surface area contributed by atoms with Crippen molar-refractivity contribution < 1.29 is 14.7 Å². The first kappa shape index (κ1) is 23.6. The van der Waals surface area contributed by atoms with Gasteiger partial charge in [0.1, 0.15) is 11.8 Å². The average Bonchev–Trinajstić information content (AvgIpc) is 2.73. The Labute approximate surface area is 182 Å². The number of phenolic OH excluding ortho intramolecular Hbond substituents is 1. The minimum Gasteiger partial charge on any atom is -0.508 e. The summed E-state index contributed by atoms with van der Waals surface area (Å²) in [6.45, 7) is 5.43. The van der Waals surface area contributed by atoms with E-state index < -0.39 is 18.0 Å². The van der Waals surface area contributed by atoms with Crippen LogP contribution in [0.1, 0.15) is 34.7 Å². The van der Waals surface area contributed by atoms with Gasteiger partial charge in [-0.1, -0.05) is 24.3 Å². The SMILES string of the molecule is Cc1cc(O)cc(C)c1C[C@H](N)C(=O)N(C/C=C/c1ccc(C#N)cc1)[C@H](C)C(N)=O. The normalized spacial score (nSPS) is 12.9. The minimum absolute atomic E-state index is 0.157. The van der Waals surface area contributed by atoms with Gasteiger partial charge in [0.05, 0.1) is 17.7 Å². The second-order valence-electron chi connectivity index (χ2n) is 7.57. The zero-order valence-corrected chi connectivity index (χ0v) is 18.0. The fraction of sp³-hybridized carbons (Fsp3) is 0.292. The van der Waals surface area contributed by atoms with Gasteiger partial charge in [-0.2, -0.15) is 5.26 Å². The number of primary amides is 1. The minimum atomic E-state index is -0.868. The third-order valence-corrected chi connectivity index (χ3v) is 5.24.